The Balaban J connectivity index is 1.68. The number of carbonyl (C=O) groups is 2. The predicted octanol–water partition coefficient (Wildman–Crippen LogP) is -0.432. The molecule has 2 amide bonds. The van der Waals surface area contributed by atoms with Gasteiger partial charge in [0.15, 0.2) is 0 Å². The van der Waals surface area contributed by atoms with Crippen molar-refractivity contribution in [1.82, 2.24) is 14.7 Å². The standard InChI is InChI=1S/C14H26N4O3/c1-21-14(20)18-8-6-16(7-9-18)11-12-2-4-17(5-3-12)13(19)10-15/h12H,2-11,15H2,1H3. The van der Waals surface area contributed by atoms with E-state index in [1.54, 1.807) is 4.90 Å². The van der Waals surface area contributed by atoms with Crippen molar-refractivity contribution in [2.24, 2.45) is 11.7 Å². The van der Waals surface area contributed by atoms with E-state index in [1.807, 2.05) is 4.90 Å². The van der Waals surface area contributed by atoms with Gasteiger partial charge >= 0.3 is 6.09 Å². The van der Waals surface area contributed by atoms with E-state index >= 15 is 0 Å². The van der Waals surface area contributed by atoms with Crippen LogP contribution >= 0.6 is 0 Å². The molecule has 2 rings (SSSR count). The van der Waals surface area contributed by atoms with Gasteiger partial charge in [0.05, 0.1) is 13.7 Å². The second kappa shape index (κ2) is 7.61. The first-order valence-corrected chi connectivity index (χ1v) is 7.67. The molecule has 120 valence electrons. The van der Waals surface area contributed by atoms with Gasteiger partial charge in [-0.1, -0.05) is 0 Å². The number of carbonyl (C=O) groups excluding carboxylic acids is 2. The highest BCUT2D eigenvalue weighted by Crippen LogP contribution is 2.19. The minimum Gasteiger partial charge on any atom is -0.453 e. The predicted molar refractivity (Wildman–Crippen MR) is 78.8 cm³/mol. The number of hydrogen-bond donors (Lipinski definition) is 1. The van der Waals surface area contributed by atoms with Crippen LogP contribution in [0.5, 0.6) is 0 Å². The molecule has 0 aromatic heterocycles. The number of piperazine rings is 1. The molecule has 2 fully saturated rings. The molecule has 2 N–H and O–H groups in total. The number of nitrogens with two attached hydrogens (primary N) is 1. The number of hydrogen-bond acceptors (Lipinski definition) is 5. The van der Waals surface area contributed by atoms with E-state index in [1.165, 1.54) is 7.11 Å². The summed E-state index contributed by atoms with van der Waals surface area (Å²) in [6, 6.07) is 0. The van der Waals surface area contributed by atoms with E-state index in [2.05, 4.69) is 4.90 Å². The Labute approximate surface area is 126 Å². The number of methoxy groups -OCH3 is 1. The molecule has 2 aliphatic rings. The lowest BCUT2D eigenvalue weighted by Crippen LogP contribution is -2.51. The van der Waals surface area contributed by atoms with Crippen molar-refractivity contribution in [3.8, 4) is 0 Å². The van der Waals surface area contributed by atoms with E-state index in [0.29, 0.717) is 5.92 Å². The van der Waals surface area contributed by atoms with Crippen molar-refractivity contribution in [3.05, 3.63) is 0 Å². The van der Waals surface area contributed by atoms with Crippen LogP contribution < -0.4 is 5.73 Å². The number of piperidine rings is 1. The third kappa shape index (κ3) is 4.31. The average molecular weight is 298 g/mol. The highest BCUT2D eigenvalue weighted by Gasteiger charge is 2.26. The van der Waals surface area contributed by atoms with Gasteiger partial charge in [-0.05, 0) is 18.8 Å². The number of nitrogens with zero attached hydrogens (tertiary/aromatic N) is 3. The third-order valence-electron chi connectivity index (χ3n) is 4.46. The molecule has 0 aromatic rings. The first-order chi connectivity index (χ1) is 10.1. The van der Waals surface area contributed by atoms with E-state index < -0.39 is 0 Å². The van der Waals surface area contributed by atoms with Crippen molar-refractivity contribution in [2.45, 2.75) is 12.8 Å². The van der Waals surface area contributed by atoms with Crippen LogP contribution in [0.4, 0.5) is 4.79 Å². The Morgan fingerprint density at radius 3 is 2.19 bits per heavy atom. The summed E-state index contributed by atoms with van der Waals surface area (Å²) in [7, 11) is 1.42. The van der Waals surface area contributed by atoms with Crippen molar-refractivity contribution < 1.29 is 14.3 Å². The van der Waals surface area contributed by atoms with E-state index in [4.69, 9.17) is 10.5 Å². The molecule has 2 saturated heterocycles. The van der Waals surface area contributed by atoms with Gasteiger partial charge < -0.3 is 20.3 Å². The molecular formula is C14H26N4O3. The fourth-order valence-electron chi connectivity index (χ4n) is 3.10. The Hall–Kier alpha value is -1.34. The smallest absolute Gasteiger partial charge is 0.409 e. The highest BCUT2D eigenvalue weighted by atomic mass is 16.5. The number of amides is 2. The minimum absolute atomic E-state index is 0.0557. The second-order valence-electron chi connectivity index (χ2n) is 5.79. The SMILES string of the molecule is COC(=O)N1CCN(CC2CCN(C(=O)CN)CC2)CC1. The average Bonchev–Trinajstić information content (AvgIpc) is 2.55. The van der Waals surface area contributed by atoms with Crippen LogP contribution in [-0.2, 0) is 9.53 Å². The van der Waals surface area contributed by atoms with Crippen LogP contribution in [0.2, 0.25) is 0 Å². The van der Waals surface area contributed by atoms with Crippen LogP contribution in [0.15, 0.2) is 0 Å². The molecule has 0 aliphatic carbocycles. The summed E-state index contributed by atoms with van der Waals surface area (Å²) in [4.78, 5) is 29.0. The quantitative estimate of drug-likeness (QED) is 0.765. The fraction of sp³-hybridized carbons (Fsp3) is 0.857. The van der Waals surface area contributed by atoms with Crippen molar-refractivity contribution in [2.75, 3.05) is 59.5 Å². The first kappa shape index (κ1) is 16.0. The Morgan fingerprint density at radius 2 is 1.67 bits per heavy atom. The highest BCUT2D eigenvalue weighted by molar-refractivity contribution is 5.78. The maximum absolute atomic E-state index is 11.5. The summed E-state index contributed by atoms with van der Waals surface area (Å²) in [5.41, 5.74) is 5.39. The summed E-state index contributed by atoms with van der Waals surface area (Å²) in [6.07, 6.45) is 1.86. The van der Waals surface area contributed by atoms with E-state index in [0.717, 1.165) is 58.7 Å². The maximum atomic E-state index is 11.5. The van der Waals surface area contributed by atoms with Gasteiger partial charge in [-0.15, -0.1) is 0 Å². The zero-order chi connectivity index (χ0) is 15.2. The first-order valence-electron chi connectivity index (χ1n) is 7.67. The Bertz CT molecular complexity index is 327. The zero-order valence-corrected chi connectivity index (χ0v) is 12.8. The summed E-state index contributed by atoms with van der Waals surface area (Å²) in [5, 5.41) is 0. The normalized spacial score (nSPS) is 21.4. The Morgan fingerprint density at radius 1 is 1.05 bits per heavy atom. The van der Waals surface area contributed by atoms with Crippen molar-refractivity contribution in [3.63, 3.8) is 0 Å². The molecule has 0 atom stereocenters. The number of ether oxygens (including phenoxy) is 1. The van der Waals surface area contributed by atoms with E-state index in [-0.39, 0.29) is 18.5 Å². The topological polar surface area (TPSA) is 79.1 Å². The van der Waals surface area contributed by atoms with Gasteiger partial charge in [0.25, 0.3) is 0 Å². The summed E-state index contributed by atoms with van der Waals surface area (Å²) in [5.74, 6) is 0.691. The molecule has 0 unspecified atom stereocenters. The number of likely N-dealkylation sites (tertiary alicyclic amines) is 1. The van der Waals surface area contributed by atoms with Gasteiger partial charge in [0, 0.05) is 45.8 Å². The van der Waals surface area contributed by atoms with Crippen LogP contribution in [0.3, 0.4) is 0 Å². The molecule has 0 aromatic carbocycles. The van der Waals surface area contributed by atoms with Crippen molar-refractivity contribution in [1.29, 1.82) is 0 Å². The summed E-state index contributed by atoms with van der Waals surface area (Å²) in [6.45, 7) is 6.08. The maximum Gasteiger partial charge on any atom is 0.409 e. The number of rotatable bonds is 3. The molecule has 21 heavy (non-hydrogen) atoms. The van der Waals surface area contributed by atoms with Crippen LogP contribution in [0, 0.1) is 5.92 Å². The molecule has 0 spiro atoms. The van der Waals surface area contributed by atoms with Gasteiger partial charge in [-0.2, -0.15) is 0 Å². The van der Waals surface area contributed by atoms with Gasteiger partial charge in [-0.3, -0.25) is 9.69 Å². The fourth-order valence-corrected chi connectivity index (χ4v) is 3.10. The van der Waals surface area contributed by atoms with Crippen LogP contribution in [-0.4, -0.2) is 86.2 Å². The lowest BCUT2D eigenvalue weighted by Gasteiger charge is -2.38. The molecule has 0 radical (unpaired) electrons. The van der Waals surface area contributed by atoms with Gasteiger partial charge in [0.2, 0.25) is 5.91 Å². The molecule has 7 nitrogen and oxygen atoms in total. The van der Waals surface area contributed by atoms with Crippen molar-refractivity contribution >= 4 is 12.0 Å². The lowest BCUT2D eigenvalue weighted by atomic mass is 9.96. The Kier molecular flexibility index (Phi) is 5.81. The second-order valence-corrected chi connectivity index (χ2v) is 5.79. The lowest BCUT2D eigenvalue weighted by molar-refractivity contribution is -0.131. The van der Waals surface area contributed by atoms with Gasteiger partial charge in [0.1, 0.15) is 0 Å². The monoisotopic (exact) mass is 298 g/mol. The van der Waals surface area contributed by atoms with Crippen LogP contribution in [0.1, 0.15) is 12.8 Å². The van der Waals surface area contributed by atoms with E-state index in [9.17, 15) is 9.59 Å². The molecule has 0 saturated carbocycles. The zero-order valence-electron chi connectivity index (χ0n) is 12.8. The third-order valence-corrected chi connectivity index (χ3v) is 4.46. The molecule has 2 heterocycles. The summed E-state index contributed by atoms with van der Waals surface area (Å²) < 4.78 is 4.74. The van der Waals surface area contributed by atoms with Gasteiger partial charge in [-0.25, -0.2) is 4.79 Å². The molecular weight excluding hydrogens is 272 g/mol. The largest absolute Gasteiger partial charge is 0.453 e. The molecule has 0 bridgehead atoms. The van der Waals surface area contributed by atoms with Crippen LogP contribution in [0.25, 0.3) is 0 Å². The molecule has 2 aliphatic heterocycles. The summed E-state index contributed by atoms with van der Waals surface area (Å²) >= 11 is 0. The minimum atomic E-state index is -0.233. The molecule has 7 heteroatoms.